The molecular weight excluding hydrogens is 472 g/mol. The van der Waals surface area contributed by atoms with Gasteiger partial charge in [0.25, 0.3) is 0 Å². The smallest absolute Gasteiger partial charge is 0.244 e. The van der Waals surface area contributed by atoms with Crippen molar-refractivity contribution in [3.63, 3.8) is 0 Å². The van der Waals surface area contributed by atoms with E-state index in [1.165, 1.54) is 4.90 Å². The molecule has 0 spiro atoms. The molecule has 0 atom stereocenters. The standard InChI is InChI=1S/C25H27ClN4O5/c26-19-7-8-21-20(16-19)28-24(31)17-30(25(32)6-3-10-29-11-9-27-18-29)12-13-33-14-15-34-22-4-1-2-5-23(22)35-21/h1-2,4-5,7-9,11,16,18H,3,6,10,12-15,17H2,(H,28,31). The summed E-state index contributed by atoms with van der Waals surface area (Å²) in [5.74, 6) is 0.963. The second kappa shape index (κ2) is 12.2. The van der Waals surface area contributed by atoms with Crippen LogP contribution in [0, 0.1) is 0 Å². The minimum atomic E-state index is -0.362. The molecule has 1 aromatic heterocycles. The second-order valence-electron chi connectivity index (χ2n) is 7.92. The highest BCUT2D eigenvalue weighted by Crippen LogP contribution is 2.36. The summed E-state index contributed by atoms with van der Waals surface area (Å²) in [5.41, 5.74) is 0.399. The van der Waals surface area contributed by atoms with Crippen LogP contribution >= 0.6 is 11.6 Å². The molecule has 2 amide bonds. The fourth-order valence-corrected chi connectivity index (χ4v) is 3.77. The maximum Gasteiger partial charge on any atom is 0.244 e. The Kier molecular flexibility index (Phi) is 8.58. The van der Waals surface area contributed by atoms with Crippen LogP contribution in [0.2, 0.25) is 5.02 Å². The largest absolute Gasteiger partial charge is 0.487 e. The Morgan fingerprint density at radius 1 is 1.09 bits per heavy atom. The summed E-state index contributed by atoms with van der Waals surface area (Å²) >= 11 is 6.18. The lowest BCUT2D eigenvalue weighted by Crippen LogP contribution is -2.40. The molecule has 0 aliphatic carbocycles. The van der Waals surface area contributed by atoms with Crippen molar-refractivity contribution in [2.45, 2.75) is 19.4 Å². The Hall–Kier alpha value is -3.56. The number of benzene rings is 2. The fourth-order valence-electron chi connectivity index (χ4n) is 3.59. The molecule has 1 N–H and O–H groups in total. The van der Waals surface area contributed by atoms with Crippen LogP contribution in [-0.2, 0) is 20.9 Å². The lowest BCUT2D eigenvalue weighted by molar-refractivity contribution is -0.135. The van der Waals surface area contributed by atoms with Gasteiger partial charge in [0.05, 0.1) is 31.8 Å². The minimum Gasteiger partial charge on any atom is -0.487 e. The van der Waals surface area contributed by atoms with Gasteiger partial charge in [0, 0.05) is 36.9 Å². The average molecular weight is 499 g/mol. The lowest BCUT2D eigenvalue weighted by Gasteiger charge is -2.22. The number of carbonyl (C=O) groups excluding carboxylic acids is 2. The van der Waals surface area contributed by atoms with Crippen molar-refractivity contribution in [3.8, 4) is 17.2 Å². The fraction of sp³-hybridized carbons (Fsp3) is 0.320. The number of ether oxygens (including phenoxy) is 3. The number of fused-ring (bicyclic) bond motifs is 2. The highest BCUT2D eigenvalue weighted by atomic mass is 35.5. The van der Waals surface area contributed by atoms with Crippen molar-refractivity contribution in [1.29, 1.82) is 0 Å². The van der Waals surface area contributed by atoms with Gasteiger partial charge in [0.15, 0.2) is 17.2 Å². The van der Waals surface area contributed by atoms with E-state index in [0.717, 1.165) is 0 Å². The number of hydrogen-bond donors (Lipinski definition) is 1. The number of aromatic nitrogens is 2. The summed E-state index contributed by atoms with van der Waals surface area (Å²) < 4.78 is 19.5. The van der Waals surface area contributed by atoms with E-state index >= 15 is 0 Å². The van der Waals surface area contributed by atoms with Crippen molar-refractivity contribution in [2.75, 3.05) is 38.2 Å². The van der Waals surface area contributed by atoms with E-state index in [4.69, 9.17) is 25.8 Å². The quantitative estimate of drug-likeness (QED) is 0.584. The van der Waals surface area contributed by atoms with E-state index in [9.17, 15) is 9.59 Å². The van der Waals surface area contributed by atoms with Crippen LogP contribution in [-0.4, -0.2) is 59.2 Å². The third-order valence-electron chi connectivity index (χ3n) is 5.33. The molecule has 184 valence electrons. The Labute approximate surface area is 208 Å². The van der Waals surface area contributed by atoms with Crippen LogP contribution in [0.4, 0.5) is 5.69 Å². The molecule has 2 heterocycles. The number of amides is 2. The van der Waals surface area contributed by atoms with Gasteiger partial charge in [-0.15, -0.1) is 0 Å². The predicted molar refractivity (Wildman–Crippen MR) is 131 cm³/mol. The number of hydrogen-bond acceptors (Lipinski definition) is 6. The monoisotopic (exact) mass is 498 g/mol. The van der Waals surface area contributed by atoms with Crippen molar-refractivity contribution in [1.82, 2.24) is 14.5 Å². The predicted octanol–water partition coefficient (Wildman–Crippen LogP) is 3.99. The maximum absolute atomic E-state index is 12.9. The molecule has 9 nitrogen and oxygen atoms in total. The Morgan fingerprint density at radius 2 is 1.94 bits per heavy atom. The van der Waals surface area contributed by atoms with Crippen LogP contribution in [0.3, 0.4) is 0 Å². The van der Waals surface area contributed by atoms with E-state index in [1.807, 2.05) is 22.9 Å². The number of nitrogens with zero attached hydrogens (tertiary/aromatic N) is 3. The van der Waals surface area contributed by atoms with Crippen LogP contribution < -0.4 is 14.8 Å². The van der Waals surface area contributed by atoms with Gasteiger partial charge in [-0.2, -0.15) is 0 Å². The number of rotatable bonds is 4. The van der Waals surface area contributed by atoms with Crippen LogP contribution in [0.25, 0.3) is 0 Å². The van der Waals surface area contributed by atoms with Gasteiger partial charge < -0.3 is 29.0 Å². The SMILES string of the molecule is O=C1CN(C(=O)CCCn2ccnc2)CCOCCOc2ccccc2Oc2ccc(Cl)cc2N1. The number of halogens is 1. The summed E-state index contributed by atoms with van der Waals surface area (Å²) in [6, 6.07) is 12.2. The molecule has 10 heteroatoms. The molecule has 0 radical (unpaired) electrons. The van der Waals surface area contributed by atoms with Crippen molar-refractivity contribution in [2.24, 2.45) is 0 Å². The Balaban J connectivity index is 1.49. The number of anilines is 1. The van der Waals surface area contributed by atoms with E-state index in [0.29, 0.717) is 60.6 Å². The van der Waals surface area contributed by atoms with Crippen molar-refractivity contribution in [3.05, 3.63) is 66.2 Å². The van der Waals surface area contributed by atoms with Gasteiger partial charge in [-0.1, -0.05) is 23.7 Å². The molecule has 3 aromatic rings. The highest BCUT2D eigenvalue weighted by molar-refractivity contribution is 6.31. The highest BCUT2D eigenvalue weighted by Gasteiger charge is 2.19. The number of carbonyl (C=O) groups is 2. The van der Waals surface area contributed by atoms with Crippen molar-refractivity contribution < 1.29 is 23.8 Å². The summed E-state index contributed by atoms with van der Waals surface area (Å²) in [5, 5.41) is 3.27. The van der Waals surface area contributed by atoms with Gasteiger partial charge in [-0.05, 0) is 36.8 Å². The van der Waals surface area contributed by atoms with Crippen LogP contribution in [0.1, 0.15) is 12.8 Å². The average Bonchev–Trinajstić information content (AvgIpc) is 3.36. The third kappa shape index (κ3) is 7.21. The first-order chi connectivity index (χ1) is 17.1. The molecular formula is C25H27ClN4O5. The summed E-state index contributed by atoms with van der Waals surface area (Å²) in [6.07, 6.45) is 6.19. The number of imidazole rings is 1. The maximum atomic E-state index is 12.9. The topological polar surface area (TPSA) is 94.9 Å². The number of para-hydroxylation sites is 2. The molecule has 35 heavy (non-hydrogen) atoms. The zero-order chi connectivity index (χ0) is 24.5. The van der Waals surface area contributed by atoms with E-state index in [-0.39, 0.29) is 31.5 Å². The zero-order valence-electron chi connectivity index (χ0n) is 19.2. The van der Waals surface area contributed by atoms with E-state index < -0.39 is 0 Å². The molecule has 0 bridgehead atoms. The molecule has 0 saturated heterocycles. The lowest BCUT2D eigenvalue weighted by atomic mass is 10.2. The van der Waals surface area contributed by atoms with Crippen LogP contribution in [0.15, 0.2) is 61.2 Å². The Morgan fingerprint density at radius 3 is 2.77 bits per heavy atom. The summed E-state index contributed by atoms with van der Waals surface area (Å²) in [6.45, 7) is 1.76. The van der Waals surface area contributed by atoms with Gasteiger partial charge in [0.2, 0.25) is 11.8 Å². The second-order valence-corrected chi connectivity index (χ2v) is 8.35. The van der Waals surface area contributed by atoms with E-state index in [2.05, 4.69) is 10.3 Å². The minimum absolute atomic E-state index is 0.119. The zero-order valence-corrected chi connectivity index (χ0v) is 19.9. The molecule has 4 rings (SSSR count). The molecule has 2 aromatic carbocycles. The van der Waals surface area contributed by atoms with Crippen molar-refractivity contribution >= 4 is 29.1 Å². The van der Waals surface area contributed by atoms with E-state index in [1.54, 1.807) is 42.9 Å². The van der Waals surface area contributed by atoms with Gasteiger partial charge >= 0.3 is 0 Å². The molecule has 1 aliphatic rings. The van der Waals surface area contributed by atoms with Gasteiger partial charge in [-0.3, -0.25) is 9.59 Å². The summed E-state index contributed by atoms with van der Waals surface area (Å²) in [7, 11) is 0. The Bertz CT molecular complexity index is 1140. The molecule has 0 saturated carbocycles. The first kappa shape index (κ1) is 24.6. The normalized spacial score (nSPS) is 14.9. The number of nitrogens with one attached hydrogen (secondary N) is 1. The van der Waals surface area contributed by atoms with Gasteiger partial charge in [0.1, 0.15) is 6.61 Å². The first-order valence-corrected chi connectivity index (χ1v) is 11.8. The molecule has 0 unspecified atom stereocenters. The molecule has 0 fully saturated rings. The summed E-state index contributed by atoms with van der Waals surface area (Å²) in [4.78, 5) is 31.4. The first-order valence-electron chi connectivity index (χ1n) is 11.4. The van der Waals surface area contributed by atoms with Crippen LogP contribution in [0.5, 0.6) is 17.2 Å². The van der Waals surface area contributed by atoms with Gasteiger partial charge in [-0.25, -0.2) is 4.98 Å². The number of aryl methyl sites for hydroxylation is 1. The molecule has 1 aliphatic heterocycles. The third-order valence-corrected chi connectivity index (χ3v) is 5.56.